The minimum Gasteiger partial charge on any atom is -0.283 e. The summed E-state index contributed by atoms with van der Waals surface area (Å²) in [5.74, 6) is 0. The lowest BCUT2D eigenvalue weighted by molar-refractivity contribution is -0.133. The van der Waals surface area contributed by atoms with Gasteiger partial charge in [-0.1, -0.05) is 4.52 Å². The van der Waals surface area contributed by atoms with Crippen LogP contribution in [0.2, 0.25) is 0 Å². The Morgan fingerprint density at radius 3 is 2.60 bits per heavy atom. The highest BCUT2D eigenvalue weighted by molar-refractivity contribution is 8.65. The Labute approximate surface area is 70.7 Å². The topological polar surface area (TPSA) is 48.2 Å². The molecule has 0 atom stereocenters. The molecule has 0 fully saturated rings. The molecule has 10 heavy (non-hydrogen) atoms. The largest absolute Gasteiger partial charge is 0.520 e. The van der Waals surface area contributed by atoms with Gasteiger partial charge in [0.1, 0.15) is 0 Å². The Morgan fingerprint density at radius 2 is 2.30 bits per heavy atom. The van der Waals surface area contributed by atoms with Gasteiger partial charge in [-0.2, -0.15) is 0 Å². The minimum absolute atomic E-state index is 0.597. The number of quaternary nitrogens is 1. The summed E-state index contributed by atoms with van der Waals surface area (Å²) in [6.07, 6.45) is 0. The zero-order chi connectivity index (χ0) is 8.04. The van der Waals surface area contributed by atoms with Gasteiger partial charge >= 0.3 is 5.69 Å². The molecule has 3 nitrogen and oxygen atoms in total. The third-order valence-electron chi connectivity index (χ3n) is 0.733. The van der Waals surface area contributed by atoms with Crippen LogP contribution >= 0.6 is 17.3 Å². The van der Waals surface area contributed by atoms with E-state index in [2.05, 4.69) is 5.14 Å². The van der Waals surface area contributed by atoms with Gasteiger partial charge in [-0.3, -0.25) is 9.66 Å². The maximum atomic E-state index is 5.22. The van der Waals surface area contributed by atoms with Crippen molar-refractivity contribution in [1.29, 1.82) is 0 Å². The van der Waals surface area contributed by atoms with E-state index in [0.29, 0.717) is 13.2 Å². The van der Waals surface area contributed by atoms with E-state index in [1.165, 1.54) is 11.6 Å². The average Bonchev–Trinajstić information content (AvgIpc) is 1.89. The molecule has 0 aliphatic heterocycles. The van der Waals surface area contributed by atoms with Crippen LogP contribution in [0.3, 0.4) is 0 Å². The van der Waals surface area contributed by atoms with Gasteiger partial charge in [-0.15, -0.1) is 0 Å². The van der Waals surface area contributed by atoms with E-state index >= 15 is 0 Å². The first-order valence-corrected chi connectivity index (χ1v) is 7.24. The zero-order valence-corrected chi connectivity index (χ0v) is 8.73. The van der Waals surface area contributed by atoms with Crippen molar-refractivity contribution < 1.29 is 14.2 Å². The summed E-state index contributed by atoms with van der Waals surface area (Å²) in [5.41, 5.74) is -2.06. The van der Waals surface area contributed by atoms with Gasteiger partial charge in [0.2, 0.25) is 18.2 Å². The van der Waals surface area contributed by atoms with E-state index in [1.54, 1.807) is 0 Å². The number of hydrogen-bond donors (Lipinski definition) is 1. The molecule has 0 rings (SSSR count). The average molecular weight is 202 g/mol. The summed E-state index contributed by atoms with van der Waals surface area (Å²) >= 11 is 6.32. The van der Waals surface area contributed by atoms with Crippen LogP contribution in [0.25, 0.3) is 0 Å². The summed E-state index contributed by atoms with van der Waals surface area (Å²) in [6.45, 7) is 4.99. The molecule has 0 aromatic rings. The van der Waals surface area contributed by atoms with Crippen molar-refractivity contribution in [3.8, 4) is 0 Å². The highest BCUT2D eigenvalue weighted by Gasteiger charge is 2.34. The monoisotopic (exact) mass is 202 g/mol. The first-order chi connectivity index (χ1) is 4.68. The fraction of sp³-hybridized carbons (Fsp3) is 1.00. The Hall–Kier alpha value is 0.880. The lowest BCUT2D eigenvalue weighted by Crippen LogP contribution is -2.36. The summed E-state index contributed by atoms with van der Waals surface area (Å²) < 4.78 is 10.4. The van der Waals surface area contributed by atoms with Crippen molar-refractivity contribution in [3.63, 3.8) is 0 Å². The molecule has 0 bridgehead atoms. The number of rotatable bonds is 5. The third kappa shape index (κ3) is 3.91. The van der Waals surface area contributed by atoms with Crippen molar-refractivity contribution in [2.45, 2.75) is 13.8 Å². The molecule has 0 aliphatic carbocycles. The van der Waals surface area contributed by atoms with Crippen LogP contribution in [0.4, 0.5) is 0 Å². The van der Waals surface area contributed by atoms with Crippen LogP contribution in [0.1, 0.15) is 13.8 Å². The molecule has 3 N–H and O–H groups in total. The summed E-state index contributed by atoms with van der Waals surface area (Å²) in [5, 5.41) is 3.61. The van der Waals surface area contributed by atoms with Crippen LogP contribution in [-0.2, 0) is 20.9 Å². The van der Waals surface area contributed by atoms with E-state index in [4.69, 9.17) is 20.9 Å². The molecule has 0 saturated carbocycles. The normalized spacial score (nSPS) is 16.7. The van der Waals surface area contributed by atoms with Crippen LogP contribution < -0.4 is 5.14 Å². The first kappa shape index (κ1) is 10.9. The summed E-state index contributed by atoms with van der Waals surface area (Å²) in [7, 11) is 0. The van der Waals surface area contributed by atoms with Gasteiger partial charge in [0.05, 0.1) is 6.61 Å². The smallest absolute Gasteiger partial charge is 0.283 e. The summed E-state index contributed by atoms with van der Waals surface area (Å²) in [6, 6.07) is 0. The van der Waals surface area contributed by atoms with E-state index in [9.17, 15) is 0 Å². The Kier molecular flexibility index (Phi) is 6.01. The van der Waals surface area contributed by atoms with Gasteiger partial charge in [0.25, 0.3) is 0 Å². The first-order valence-electron chi connectivity index (χ1n) is 3.01. The minimum atomic E-state index is -2.06. The van der Waals surface area contributed by atoms with Crippen molar-refractivity contribution in [3.05, 3.63) is 0 Å². The van der Waals surface area contributed by atoms with Gasteiger partial charge in [0, 0.05) is 18.7 Å². The predicted octanol–water partition coefficient (Wildman–Crippen LogP) is 1.17. The SMILES string of the molecule is CCOP(=S)([O+]CC)S[NH3+]. The van der Waals surface area contributed by atoms with E-state index in [1.807, 2.05) is 13.8 Å². The van der Waals surface area contributed by atoms with Crippen LogP contribution in [0, 0.1) is 0 Å². The van der Waals surface area contributed by atoms with Crippen LogP contribution in [0.5, 0.6) is 0 Å². The zero-order valence-electron chi connectivity index (χ0n) is 6.20. The lowest BCUT2D eigenvalue weighted by Gasteiger charge is -2.00. The Morgan fingerprint density at radius 1 is 1.70 bits per heavy atom. The highest BCUT2D eigenvalue weighted by Crippen LogP contribution is 2.56. The highest BCUT2D eigenvalue weighted by atomic mass is 32.9. The fourth-order valence-corrected chi connectivity index (χ4v) is 3.00. The second kappa shape index (κ2) is 5.52. The maximum absolute atomic E-state index is 5.22. The standard InChI is InChI=1S/C4H12NO2PS2/c1-3-6-8(9,10-5)7-4-2/h3-5H2,1-2H3/q+1/p+1. The quantitative estimate of drug-likeness (QED) is 0.413. The third-order valence-corrected chi connectivity index (χ3v) is 5.36. The maximum Gasteiger partial charge on any atom is 0.520 e. The van der Waals surface area contributed by atoms with Crippen molar-refractivity contribution in [1.82, 2.24) is 0 Å². The molecule has 0 amide bonds. The molecule has 6 heteroatoms. The molecular weight excluding hydrogens is 189 g/mol. The fourth-order valence-electron chi connectivity index (χ4n) is 0.428. The molecule has 0 saturated heterocycles. The lowest BCUT2D eigenvalue weighted by atomic mass is 10.9. The summed E-state index contributed by atoms with van der Waals surface area (Å²) in [4.78, 5) is 0. The molecule has 61 valence electrons. The molecule has 0 aromatic carbocycles. The second-order valence-electron chi connectivity index (χ2n) is 1.41. The molecule has 0 aromatic heterocycles. The molecule has 0 heterocycles. The van der Waals surface area contributed by atoms with Crippen molar-refractivity contribution >= 4 is 29.1 Å². The van der Waals surface area contributed by atoms with E-state index in [0.717, 1.165) is 0 Å². The van der Waals surface area contributed by atoms with Crippen molar-refractivity contribution in [2.75, 3.05) is 13.2 Å². The number of hydrogen-bond acceptors (Lipinski definition) is 4. The van der Waals surface area contributed by atoms with Gasteiger partial charge in [0.15, 0.2) is 0 Å². The Bertz CT molecular complexity index is 122. The molecule has 0 aliphatic rings. The molecule has 0 spiro atoms. The predicted molar refractivity (Wildman–Crippen MR) is 48.0 cm³/mol. The molecule has 0 unspecified atom stereocenters. The second-order valence-corrected chi connectivity index (χ2v) is 7.43. The Balaban J connectivity index is 3.83. The van der Waals surface area contributed by atoms with Crippen molar-refractivity contribution in [2.24, 2.45) is 0 Å². The van der Waals surface area contributed by atoms with Gasteiger partial charge in [-0.05, 0) is 6.92 Å². The molecule has 1 radical (unpaired) electrons. The van der Waals surface area contributed by atoms with E-state index < -0.39 is 5.69 Å². The van der Waals surface area contributed by atoms with Gasteiger partial charge in [-0.25, -0.2) is 0 Å². The van der Waals surface area contributed by atoms with Gasteiger partial charge < -0.3 is 0 Å². The van der Waals surface area contributed by atoms with Crippen LogP contribution in [0.15, 0.2) is 0 Å². The molecular formula is C4H13NO2PS2+2. The van der Waals surface area contributed by atoms with Crippen LogP contribution in [-0.4, -0.2) is 13.2 Å². The van der Waals surface area contributed by atoms with E-state index in [-0.39, 0.29) is 0 Å².